The number of hydrogen-bond acceptors (Lipinski definition) is 2. The molecule has 1 aromatic rings. The Bertz CT molecular complexity index is 331. The molecule has 0 spiro atoms. The largest absolute Gasteiger partial charge is 0.380 e. The highest BCUT2D eigenvalue weighted by Crippen LogP contribution is 2.29. The Balaban J connectivity index is 2.40. The van der Waals surface area contributed by atoms with Crippen LogP contribution in [0.2, 0.25) is 0 Å². The Kier molecular flexibility index (Phi) is 2.00. The van der Waals surface area contributed by atoms with Crippen molar-refractivity contribution in [3.05, 3.63) is 28.8 Å². The Labute approximate surface area is 79.1 Å². The first-order valence-electron chi connectivity index (χ1n) is 4.77. The van der Waals surface area contributed by atoms with Crippen LogP contribution in [0.3, 0.4) is 0 Å². The summed E-state index contributed by atoms with van der Waals surface area (Å²) >= 11 is 0. The molecule has 1 aromatic carbocycles. The van der Waals surface area contributed by atoms with Crippen LogP contribution in [0.25, 0.3) is 0 Å². The van der Waals surface area contributed by atoms with Crippen molar-refractivity contribution in [1.29, 1.82) is 0 Å². The Morgan fingerprint density at radius 3 is 2.92 bits per heavy atom. The normalized spacial score (nSPS) is 19.8. The fourth-order valence-electron chi connectivity index (χ4n) is 2.06. The molecule has 3 N–H and O–H groups in total. The van der Waals surface area contributed by atoms with Crippen molar-refractivity contribution in [2.45, 2.75) is 26.3 Å². The fourth-order valence-corrected chi connectivity index (χ4v) is 2.06. The van der Waals surface area contributed by atoms with Crippen molar-refractivity contribution in [1.82, 2.24) is 0 Å². The van der Waals surface area contributed by atoms with Crippen molar-refractivity contribution >= 4 is 5.69 Å². The van der Waals surface area contributed by atoms with Crippen molar-refractivity contribution < 1.29 is 0 Å². The molecule has 1 atom stereocenters. The number of anilines is 1. The standard InChI is InChI=1S/C11H16N2/c1-7-3-8(2)10-5-9(6-12)13-11(10)4-7/h3-4,9,13H,5-6,12H2,1-2H3. The van der Waals surface area contributed by atoms with E-state index < -0.39 is 0 Å². The number of hydrogen-bond donors (Lipinski definition) is 2. The number of benzene rings is 1. The van der Waals surface area contributed by atoms with Gasteiger partial charge in [0.25, 0.3) is 0 Å². The van der Waals surface area contributed by atoms with Crippen molar-refractivity contribution in [2.24, 2.45) is 5.73 Å². The Hall–Kier alpha value is -1.02. The Morgan fingerprint density at radius 1 is 1.46 bits per heavy atom. The van der Waals surface area contributed by atoms with Gasteiger partial charge in [0.05, 0.1) is 0 Å². The van der Waals surface area contributed by atoms with Crippen LogP contribution in [-0.2, 0) is 6.42 Å². The molecule has 1 aliphatic rings. The topological polar surface area (TPSA) is 38.0 Å². The molecule has 1 aliphatic heterocycles. The van der Waals surface area contributed by atoms with E-state index in [0.717, 1.165) is 6.42 Å². The monoisotopic (exact) mass is 176 g/mol. The number of nitrogens with one attached hydrogen (secondary N) is 1. The summed E-state index contributed by atoms with van der Waals surface area (Å²) in [6.45, 7) is 5.02. The molecule has 0 fully saturated rings. The van der Waals surface area contributed by atoms with Crippen molar-refractivity contribution in [3.63, 3.8) is 0 Å². The van der Waals surface area contributed by atoms with Gasteiger partial charge in [0, 0.05) is 18.3 Å². The van der Waals surface area contributed by atoms with Gasteiger partial charge in [-0.25, -0.2) is 0 Å². The third kappa shape index (κ3) is 1.42. The zero-order valence-electron chi connectivity index (χ0n) is 8.22. The minimum atomic E-state index is 0.440. The maximum atomic E-state index is 5.64. The lowest BCUT2D eigenvalue weighted by atomic mass is 10.0. The molecular formula is C11H16N2. The second-order valence-corrected chi connectivity index (χ2v) is 3.89. The number of aryl methyl sites for hydroxylation is 2. The molecule has 2 rings (SSSR count). The zero-order chi connectivity index (χ0) is 9.42. The second kappa shape index (κ2) is 3.04. The van der Waals surface area contributed by atoms with E-state index in [1.54, 1.807) is 0 Å². The molecule has 0 amide bonds. The van der Waals surface area contributed by atoms with Crippen molar-refractivity contribution in [3.8, 4) is 0 Å². The molecule has 0 aliphatic carbocycles. The third-order valence-electron chi connectivity index (χ3n) is 2.71. The van der Waals surface area contributed by atoms with E-state index in [0.29, 0.717) is 12.6 Å². The molecule has 2 nitrogen and oxygen atoms in total. The molecule has 0 aromatic heterocycles. The molecule has 1 unspecified atom stereocenters. The van der Waals surface area contributed by atoms with E-state index in [-0.39, 0.29) is 0 Å². The highest BCUT2D eigenvalue weighted by molar-refractivity contribution is 5.61. The quantitative estimate of drug-likeness (QED) is 0.682. The summed E-state index contributed by atoms with van der Waals surface area (Å²) < 4.78 is 0. The zero-order valence-corrected chi connectivity index (χ0v) is 8.22. The summed E-state index contributed by atoms with van der Waals surface area (Å²) in [7, 11) is 0. The van der Waals surface area contributed by atoms with Gasteiger partial charge in [0.1, 0.15) is 0 Å². The predicted octanol–water partition coefficient (Wildman–Crippen LogP) is 1.60. The summed E-state index contributed by atoms with van der Waals surface area (Å²) in [5.74, 6) is 0. The summed E-state index contributed by atoms with van der Waals surface area (Å²) in [5.41, 5.74) is 11.1. The van der Waals surface area contributed by atoms with Crippen LogP contribution < -0.4 is 11.1 Å². The molecule has 0 radical (unpaired) electrons. The summed E-state index contributed by atoms with van der Waals surface area (Å²) in [6, 6.07) is 4.88. The van der Waals surface area contributed by atoms with Gasteiger partial charge in [0.15, 0.2) is 0 Å². The van der Waals surface area contributed by atoms with Crippen LogP contribution in [-0.4, -0.2) is 12.6 Å². The maximum Gasteiger partial charge on any atom is 0.0425 e. The smallest absolute Gasteiger partial charge is 0.0425 e. The number of fused-ring (bicyclic) bond motifs is 1. The molecule has 0 bridgehead atoms. The van der Waals surface area contributed by atoms with Crippen LogP contribution in [0.4, 0.5) is 5.69 Å². The minimum Gasteiger partial charge on any atom is -0.380 e. The van der Waals surface area contributed by atoms with Crippen LogP contribution >= 0.6 is 0 Å². The van der Waals surface area contributed by atoms with Crippen LogP contribution in [0, 0.1) is 13.8 Å². The molecular weight excluding hydrogens is 160 g/mol. The first-order valence-corrected chi connectivity index (χ1v) is 4.77. The summed E-state index contributed by atoms with van der Waals surface area (Å²) in [6.07, 6.45) is 1.08. The summed E-state index contributed by atoms with van der Waals surface area (Å²) in [5, 5.41) is 3.44. The van der Waals surface area contributed by atoms with E-state index in [2.05, 4.69) is 31.3 Å². The van der Waals surface area contributed by atoms with Gasteiger partial charge >= 0.3 is 0 Å². The SMILES string of the molecule is Cc1cc(C)c2c(c1)NC(CN)C2. The molecule has 0 saturated carbocycles. The minimum absolute atomic E-state index is 0.440. The first kappa shape index (κ1) is 8.57. The lowest BCUT2D eigenvalue weighted by molar-refractivity contribution is 0.758. The van der Waals surface area contributed by atoms with E-state index in [1.807, 2.05) is 0 Å². The van der Waals surface area contributed by atoms with Crippen LogP contribution in [0.1, 0.15) is 16.7 Å². The highest BCUT2D eigenvalue weighted by atomic mass is 15.0. The lowest BCUT2D eigenvalue weighted by Gasteiger charge is -2.06. The predicted molar refractivity (Wildman–Crippen MR) is 56.1 cm³/mol. The van der Waals surface area contributed by atoms with Gasteiger partial charge in [-0.15, -0.1) is 0 Å². The summed E-state index contributed by atoms with van der Waals surface area (Å²) in [4.78, 5) is 0. The molecule has 2 heteroatoms. The Morgan fingerprint density at radius 2 is 2.23 bits per heavy atom. The van der Waals surface area contributed by atoms with Crippen LogP contribution in [0.5, 0.6) is 0 Å². The number of rotatable bonds is 1. The average Bonchev–Trinajstić information content (AvgIpc) is 2.47. The van der Waals surface area contributed by atoms with Gasteiger partial charge in [-0.1, -0.05) is 6.07 Å². The van der Waals surface area contributed by atoms with Crippen molar-refractivity contribution in [2.75, 3.05) is 11.9 Å². The highest BCUT2D eigenvalue weighted by Gasteiger charge is 2.20. The van der Waals surface area contributed by atoms with Gasteiger partial charge in [-0.3, -0.25) is 0 Å². The van der Waals surface area contributed by atoms with E-state index in [4.69, 9.17) is 5.73 Å². The fraction of sp³-hybridized carbons (Fsp3) is 0.455. The first-order chi connectivity index (χ1) is 6.20. The maximum absolute atomic E-state index is 5.64. The van der Waals surface area contributed by atoms with Gasteiger partial charge in [0.2, 0.25) is 0 Å². The van der Waals surface area contributed by atoms with Crippen LogP contribution in [0.15, 0.2) is 12.1 Å². The second-order valence-electron chi connectivity index (χ2n) is 3.89. The molecule has 0 saturated heterocycles. The number of nitrogens with two attached hydrogens (primary N) is 1. The average molecular weight is 176 g/mol. The molecule has 13 heavy (non-hydrogen) atoms. The van der Waals surface area contributed by atoms with Gasteiger partial charge in [-0.05, 0) is 43.0 Å². The molecule has 70 valence electrons. The third-order valence-corrected chi connectivity index (χ3v) is 2.71. The van der Waals surface area contributed by atoms with E-state index in [9.17, 15) is 0 Å². The molecule has 1 heterocycles. The van der Waals surface area contributed by atoms with E-state index >= 15 is 0 Å². The van der Waals surface area contributed by atoms with E-state index in [1.165, 1.54) is 22.4 Å². The lowest BCUT2D eigenvalue weighted by Crippen LogP contribution is -2.25. The van der Waals surface area contributed by atoms with Gasteiger partial charge < -0.3 is 11.1 Å². The van der Waals surface area contributed by atoms with Gasteiger partial charge in [-0.2, -0.15) is 0 Å².